The van der Waals surface area contributed by atoms with Crippen LogP contribution >= 0.6 is 0 Å². The summed E-state index contributed by atoms with van der Waals surface area (Å²) in [6.45, 7) is 1.02. The summed E-state index contributed by atoms with van der Waals surface area (Å²) in [5, 5.41) is 16.8. The van der Waals surface area contributed by atoms with Gasteiger partial charge in [0.1, 0.15) is 12.3 Å². The molecule has 0 aliphatic rings. The first-order valence-electron chi connectivity index (χ1n) is 9.68. The second kappa shape index (κ2) is 10.6. The molecule has 0 fully saturated rings. The predicted octanol–water partition coefficient (Wildman–Crippen LogP) is 4.02. The molecule has 0 saturated carbocycles. The van der Waals surface area contributed by atoms with Crippen molar-refractivity contribution >= 4 is 17.3 Å². The van der Waals surface area contributed by atoms with E-state index in [1.54, 1.807) is 36.4 Å². The SMILES string of the molecule is COc1cc(C(=O)NCCNc2ccccc2[N+](=O)[O-])ccc1OCc1ccccc1. The molecule has 0 aliphatic heterocycles. The van der Waals surface area contributed by atoms with Gasteiger partial charge in [-0.25, -0.2) is 0 Å². The summed E-state index contributed by atoms with van der Waals surface area (Å²) in [5.41, 5.74) is 1.85. The van der Waals surface area contributed by atoms with Gasteiger partial charge in [-0.15, -0.1) is 0 Å². The van der Waals surface area contributed by atoms with Crippen molar-refractivity contribution in [3.63, 3.8) is 0 Å². The van der Waals surface area contributed by atoms with E-state index < -0.39 is 4.92 Å². The Kier molecular flexibility index (Phi) is 7.42. The van der Waals surface area contributed by atoms with Gasteiger partial charge in [-0.05, 0) is 29.8 Å². The summed E-state index contributed by atoms with van der Waals surface area (Å²) >= 11 is 0. The Labute approximate surface area is 180 Å². The average Bonchev–Trinajstić information content (AvgIpc) is 2.81. The number of ether oxygens (including phenoxy) is 2. The fraction of sp³-hybridized carbons (Fsp3) is 0.174. The first kappa shape index (κ1) is 21.6. The number of carbonyl (C=O) groups is 1. The van der Waals surface area contributed by atoms with Crippen LogP contribution in [0.15, 0.2) is 72.8 Å². The minimum Gasteiger partial charge on any atom is -0.493 e. The Bertz CT molecular complexity index is 1040. The lowest BCUT2D eigenvalue weighted by Crippen LogP contribution is -2.28. The van der Waals surface area contributed by atoms with Gasteiger partial charge in [-0.1, -0.05) is 42.5 Å². The number of rotatable bonds is 10. The number of benzene rings is 3. The molecule has 3 aromatic carbocycles. The average molecular weight is 421 g/mol. The van der Waals surface area contributed by atoms with Gasteiger partial charge in [-0.3, -0.25) is 14.9 Å². The van der Waals surface area contributed by atoms with Gasteiger partial charge in [0, 0.05) is 24.7 Å². The van der Waals surface area contributed by atoms with E-state index in [9.17, 15) is 14.9 Å². The van der Waals surface area contributed by atoms with Crippen molar-refractivity contribution in [3.05, 3.63) is 94.0 Å². The van der Waals surface area contributed by atoms with Crippen LogP contribution < -0.4 is 20.1 Å². The first-order valence-corrected chi connectivity index (χ1v) is 9.68. The molecule has 8 heteroatoms. The number of para-hydroxylation sites is 2. The predicted molar refractivity (Wildman–Crippen MR) is 118 cm³/mol. The molecular formula is C23H23N3O5. The third kappa shape index (κ3) is 5.96. The van der Waals surface area contributed by atoms with Crippen LogP contribution in [0.5, 0.6) is 11.5 Å². The van der Waals surface area contributed by atoms with E-state index in [1.807, 2.05) is 30.3 Å². The number of methoxy groups -OCH3 is 1. The molecule has 160 valence electrons. The maximum Gasteiger partial charge on any atom is 0.292 e. The lowest BCUT2D eigenvalue weighted by atomic mass is 10.2. The van der Waals surface area contributed by atoms with Gasteiger partial charge >= 0.3 is 0 Å². The van der Waals surface area contributed by atoms with Crippen molar-refractivity contribution in [2.75, 3.05) is 25.5 Å². The van der Waals surface area contributed by atoms with Gasteiger partial charge in [-0.2, -0.15) is 0 Å². The maximum absolute atomic E-state index is 12.4. The minimum absolute atomic E-state index is 0.00958. The van der Waals surface area contributed by atoms with Crippen molar-refractivity contribution in [1.82, 2.24) is 5.32 Å². The molecule has 1 amide bonds. The first-order chi connectivity index (χ1) is 15.1. The van der Waals surface area contributed by atoms with Gasteiger partial charge in [0.15, 0.2) is 11.5 Å². The molecule has 0 spiro atoms. The molecule has 8 nitrogen and oxygen atoms in total. The summed E-state index contributed by atoms with van der Waals surface area (Å²) in [6.07, 6.45) is 0. The smallest absolute Gasteiger partial charge is 0.292 e. The summed E-state index contributed by atoms with van der Waals surface area (Å²) in [6, 6.07) is 21.1. The second-order valence-corrected chi connectivity index (χ2v) is 6.60. The van der Waals surface area contributed by atoms with E-state index in [2.05, 4.69) is 10.6 Å². The molecule has 3 rings (SSSR count). The molecule has 0 unspecified atom stereocenters. The van der Waals surface area contributed by atoms with Crippen LogP contribution in [0.4, 0.5) is 11.4 Å². The van der Waals surface area contributed by atoms with Crippen LogP contribution in [0.25, 0.3) is 0 Å². The standard InChI is InChI=1S/C23H23N3O5/c1-30-22-15-18(11-12-21(22)31-16-17-7-3-2-4-8-17)23(27)25-14-13-24-19-9-5-6-10-20(19)26(28)29/h2-12,15,24H,13-14,16H2,1H3,(H,25,27). The zero-order chi connectivity index (χ0) is 22.1. The third-order valence-electron chi connectivity index (χ3n) is 4.49. The van der Waals surface area contributed by atoms with E-state index in [1.165, 1.54) is 13.2 Å². The zero-order valence-corrected chi connectivity index (χ0v) is 17.0. The Morgan fingerprint density at radius 2 is 1.71 bits per heavy atom. The number of nitro benzene ring substituents is 1. The summed E-state index contributed by atoms with van der Waals surface area (Å²) < 4.78 is 11.2. The van der Waals surface area contributed by atoms with Gasteiger partial charge in [0.05, 0.1) is 12.0 Å². The molecule has 0 bridgehead atoms. The molecule has 2 N–H and O–H groups in total. The van der Waals surface area contributed by atoms with E-state index in [4.69, 9.17) is 9.47 Å². The Hall–Kier alpha value is -4.07. The lowest BCUT2D eigenvalue weighted by Gasteiger charge is -2.13. The van der Waals surface area contributed by atoms with Crippen molar-refractivity contribution in [1.29, 1.82) is 0 Å². The summed E-state index contributed by atoms with van der Waals surface area (Å²) in [7, 11) is 1.52. The third-order valence-corrected chi connectivity index (χ3v) is 4.49. The highest BCUT2D eigenvalue weighted by Gasteiger charge is 2.13. The molecule has 0 atom stereocenters. The van der Waals surface area contributed by atoms with Crippen LogP contribution in [0, 0.1) is 10.1 Å². The number of hydrogen-bond acceptors (Lipinski definition) is 6. The Balaban J connectivity index is 1.54. The van der Waals surface area contributed by atoms with E-state index in [0.29, 0.717) is 42.4 Å². The summed E-state index contributed by atoms with van der Waals surface area (Å²) in [5.74, 6) is 0.722. The Morgan fingerprint density at radius 3 is 2.45 bits per heavy atom. The number of amides is 1. The molecule has 0 radical (unpaired) electrons. The molecule has 31 heavy (non-hydrogen) atoms. The number of nitrogens with zero attached hydrogens (tertiary/aromatic N) is 1. The largest absolute Gasteiger partial charge is 0.493 e. The highest BCUT2D eigenvalue weighted by atomic mass is 16.6. The van der Waals surface area contributed by atoms with E-state index >= 15 is 0 Å². The van der Waals surface area contributed by atoms with Crippen molar-refractivity contribution in [2.45, 2.75) is 6.61 Å². The van der Waals surface area contributed by atoms with Gasteiger partial charge in [0.2, 0.25) is 0 Å². The fourth-order valence-corrected chi connectivity index (χ4v) is 2.92. The zero-order valence-electron chi connectivity index (χ0n) is 17.0. The normalized spacial score (nSPS) is 10.2. The van der Waals surface area contributed by atoms with Gasteiger partial charge in [0.25, 0.3) is 11.6 Å². The van der Waals surface area contributed by atoms with E-state index in [0.717, 1.165) is 5.56 Å². The molecule has 0 aliphatic carbocycles. The van der Waals surface area contributed by atoms with Gasteiger partial charge < -0.3 is 20.1 Å². The Morgan fingerprint density at radius 1 is 0.968 bits per heavy atom. The minimum atomic E-state index is -0.450. The van der Waals surface area contributed by atoms with Crippen LogP contribution in [0.2, 0.25) is 0 Å². The van der Waals surface area contributed by atoms with Crippen LogP contribution in [-0.4, -0.2) is 31.0 Å². The van der Waals surface area contributed by atoms with Crippen LogP contribution in [-0.2, 0) is 6.61 Å². The lowest BCUT2D eigenvalue weighted by molar-refractivity contribution is -0.384. The fourth-order valence-electron chi connectivity index (χ4n) is 2.92. The molecule has 0 heterocycles. The molecule has 0 saturated heterocycles. The quantitative estimate of drug-likeness (QED) is 0.291. The highest BCUT2D eigenvalue weighted by molar-refractivity contribution is 5.94. The monoisotopic (exact) mass is 421 g/mol. The summed E-state index contributed by atoms with van der Waals surface area (Å²) in [4.78, 5) is 23.0. The number of nitro groups is 1. The number of hydrogen-bond donors (Lipinski definition) is 2. The second-order valence-electron chi connectivity index (χ2n) is 6.60. The topological polar surface area (TPSA) is 103 Å². The van der Waals surface area contributed by atoms with Crippen LogP contribution in [0.3, 0.4) is 0 Å². The highest BCUT2D eigenvalue weighted by Crippen LogP contribution is 2.29. The molecule has 3 aromatic rings. The van der Waals surface area contributed by atoms with Crippen molar-refractivity contribution in [2.24, 2.45) is 0 Å². The van der Waals surface area contributed by atoms with Crippen LogP contribution in [0.1, 0.15) is 15.9 Å². The number of carbonyl (C=O) groups excluding carboxylic acids is 1. The number of nitrogens with one attached hydrogen (secondary N) is 2. The number of anilines is 1. The van der Waals surface area contributed by atoms with E-state index in [-0.39, 0.29) is 11.6 Å². The molecular weight excluding hydrogens is 398 g/mol. The molecule has 0 aromatic heterocycles. The van der Waals surface area contributed by atoms with Crippen molar-refractivity contribution in [3.8, 4) is 11.5 Å². The van der Waals surface area contributed by atoms with Crippen molar-refractivity contribution < 1.29 is 19.2 Å². The maximum atomic E-state index is 12.4.